The van der Waals surface area contributed by atoms with Crippen molar-refractivity contribution < 1.29 is 14.3 Å². The van der Waals surface area contributed by atoms with Gasteiger partial charge in [0, 0.05) is 40.8 Å². The molecular weight excluding hydrogens is 435 g/mol. The number of amides is 1. The molecule has 0 rings (SSSR count). The summed E-state index contributed by atoms with van der Waals surface area (Å²) in [6, 6.07) is 0. The number of hydrogen-bond acceptors (Lipinski definition) is 4. The van der Waals surface area contributed by atoms with Crippen molar-refractivity contribution in [3.05, 3.63) is 0 Å². The molecule has 8 heteroatoms. The third kappa shape index (κ3) is 12.3. The van der Waals surface area contributed by atoms with Gasteiger partial charge in [0.25, 0.3) is 0 Å². The lowest BCUT2D eigenvalue weighted by Gasteiger charge is -2.30. The summed E-state index contributed by atoms with van der Waals surface area (Å²) in [4.78, 5) is 17.6. The van der Waals surface area contributed by atoms with E-state index in [1.807, 2.05) is 20.8 Å². The number of carbonyl (C=O) groups excluding carboxylic acids is 1. The highest BCUT2D eigenvalue weighted by atomic mass is 127. The van der Waals surface area contributed by atoms with Crippen molar-refractivity contribution >= 4 is 36.0 Å². The predicted octanol–water partition coefficient (Wildman–Crippen LogP) is 2.70. The molecule has 0 spiro atoms. The van der Waals surface area contributed by atoms with Crippen LogP contribution in [0.2, 0.25) is 0 Å². The molecule has 0 saturated carbocycles. The van der Waals surface area contributed by atoms with Gasteiger partial charge in [-0.25, -0.2) is 4.79 Å². The first-order valence-corrected chi connectivity index (χ1v) is 8.32. The zero-order valence-electron chi connectivity index (χ0n) is 17.2. The Labute approximate surface area is 170 Å². The number of aliphatic imine (C=N–C) groups is 1. The maximum Gasteiger partial charge on any atom is 0.410 e. The maximum atomic E-state index is 11.9. The zero-order valence-corrected chi connectivity index (χ0v) is 19.6. The molecule has 0 aliphatic carbocycles. The second-order valence-corrected chi connectivity index (χ2v) is 7.87. The molecule has 25 heavy (non-hydrogen) atoms. The van der Waals surface area contributed by atoms with Gasteiger partial charge in [0.15, 0.2) is 5.96 Å². The fourth-order valence-electron chi connectivity index (χ4n) is 1.93. The van der Waals surface area contributed by atoms with E-state index in [1.54, 1.807) is 26.1 Å². The SMILES string of the molecule is CN=C(NCCN(C)C(=O)OC(C)(C)C)NCC(OC)C(C)(C)C.I. The molecule has 0 aromatic rings. The van der Waals surface area contributed by atoms with E-state index in [2.05, 4.69) is 36.4 Å². The van der Waals surface area contributed by atoms with Crippen molar-refractivity contribution in [2.45, 2.75) is 53.2 Å². The summed E-state index contributed by atoms with van der Waals surface area (Å²) < 4.78 is 10.8. The van der Waals surface area contributed by atoms with Crippen LogP contribution in [-0.2, 0) is 9.47 Å². The van der Waals surface area contributed by atoms with E-state index in [0.717, 1.165) is 0 Å². The third-order valence-electron chi connectivity index (χ3n) is 3.37. The van der Waals surface area contributed by atoms with Crippen LogP contribution in [0, 0.1) is 5.41 Å². The average molecular weight is 472 g/mol. The monoisotopic (exact) mass is 472 g/mol. The Morgan fingerprint density at radius 1 is 1.16 bits per heavy atom. The molecule has 150 valence electrons. The van der Waals surface area contributed by atoms with Crippen LogP contribution in [0.5, 0.6) is 0 Å². The number of guanidine groups is 1. The van der Waals surface area contributed by atoms with Crippen molar-refractivity contribution in [3.63, 3.8) is 0 Å². The number of ether oxygens (including phenoxy) is 2. The molecule has 0 aromatic heterocycles. The van der Waals surface area contributed by atoms with Crippen LogP contribution in [0.4, 0.5) is 4.79 Å². The van der Waals surface area contributed by atoms with Crippen molar-refractivity contribution in [1.29, 1.82) is 0 Å². The molecule has 0 radical (unpaired) electrons. The Balaban J connectivity index is 0. The topological polar surface area (TPSA) is 75.2 Å². The van der Waals surface area contributed by atoms with Gasteiger partial charge in [-0.1, -0.05) is 20.8 Å². The van der Waals surface area contributed by atoms with Crippen LogP contribution >= 0.6 is 24.0 Å². The number of carbonyl (C=O) groups is 1. The van der Waals surface area contributed by atoms with Crippen molar-refractivity contribution in [3.8, 4) is 0 Å². The summed E-state index contributed by atoms with van der Waals surface area (Å²) in [5, 5.41) is 6.43. The van der Waals surface area contributed by atoms with Crippen LogP contribution in [0.3, 0.4) is 0 Å². The van der Waals surface area contributed by atoms with Crippen LogP contribution in [0.25, 0.3) is 0 Å². The van der Waals surface area contributed by atoms with Crippen LogP contribution < -0.4 is 10.6 Å². The number of halogens is 1. The Morgan fingerprint density at radius 3 is 2.12 bits per heavy atom. The predicted molar refractivity (Wildman–Crippen MR) is 114 cm³/mol. The molecule has 0 aromatic carbocycles. The van der Waals surface area contributed by atoms with Gasteiger partial charge in [-0.05, 0) is 26.2 Å². The largest absolute Gasteiger partial charge is 0.444 e. The maximum absolute atomic E-state index is 11.9. The Kier molecular flexibility index (Phi) is 12.5. The van der Waals surface area contributed by atoms with E-state index >= 15 is 0 Å². The molecule has 0 fully saturated rings. The van der Waals surface area contributed by atoms with Gasteiger partial charge >= 0.3 is 6.09 Å². The number of methoxy groups -OCH3 is 1. The van der Waals surface area contributed by atoms with Gasteiger partial charge in [-0.3, -0.25) is 4.99 Å². The van der Waals surface area contributed by atoms with Gasteiger partial charge in [-0.2, -0.15) is 0 Å². The van der Waals surface area contributed by atoms with Gasteiger partial charge in [0.2, 0.25) is 0 Å². The highest BCUT2D eigenvalue weighted by molar-refractivity contribution is 14.0. The minimum absolute atomic E-state index is 0. The van der Waals surface area contributed by atoms with Gasteiger partial charge < -0.3 is 25.0 Å². The van der Waals surface area contributed by atoms with Crippen molar-refractivity contribution in [2.24, 2.45) is 10.4 Å². The number of hydrogen-bond donors (Lipinski definition) is 2. The van der Waals surface area contributed by atoms with E-state index in [4.69, 9.17) is 9.47 Å². The molecule has 0 aliphatic rings. The zero-order chi connectivity index (χ0) is 19.0. The lowest BCUT2D eigenvalue weighted by atomic mass is 9.89. The molecule has 0 bridgehead atoms. The molecule has 0 heterocycles. The minimum atomic E-state index is -0.488. The van der Waals surface area contributed by atoms with Crippen LogP contribution in [0.15, 0.2) is 4.99 Å². The first-order chi connectivity index (χ1) is 10.9. The number of likely N-dealkylation sites (N-methyl/N-ethyl adjacent to an activating group) is 1. The second kappa shape index (κ2) is 11.8. The normalized spacial score (nSPS) is 13.6. The fraction of sp³-hybridized carbons (Fsp3) is 0.882. The van der Waals surface area contributed by atoms with Crippen LogP contribution in [-0.4, -0.2) is 69.5 Å². The summed E-state index contributed by atoms with van der Waals surface area (Å²) in [6.07, 6.45) is -0.264. The van der Waals surface area contributed by atoms with E-state index in [9.17, 15) is 4.79 Å². The summed E-state index contributed by atoms with van der Waals surface area (Å²) in [7, 11) is 5.14. The summed E-state index contributed by atoms with van der Waals surface area (Å²) in [5.41, 5.74) is -0.448. The quantitative estimate of drug-likeness (QED) is 0.353. The molecule has 1 amide bonds. The number of nitrogens with zero attached hydrogens (tertiary/aromatic N) is 2. The molecule has 7 nitrogen and oxygen atoms in total. The lowest BCUT2D eigenvalue weighted by molar-refractivity contribution is 0.0205. The van der Waals surface area contributed by atoms with Gasteiger partial charge in [0.1, 0.15) is 5.60 Å². The average Bonchev–Trinajstić information content (AvgIpc) is 2.42. The van der Waals surface area contributed by atoms with Crippen molar-refractivity contribution in [2.75, 3.05) is 40.8 Å². The Bertz CT molecular complexity index is 417. The van der Waals surface area contributed by atoms with Gasteiger partial charge in [-0.15, -0.1) is 24.0 Å². The number of nitrogens with one attached hydrogen (secondary N) is 2. The first kappa shape index (κ1) is 26.5. The summed E-state index contributed by atoms with van der Waals surface area (Å²) >= 11 is 0. The standard InChI is InChI=1S/C17H36N4O3.HI/c1-16(2,3)13(23-9)12-20-14(18-7)19-10-11-21(8)15(22)24-17(4,5)6;/h13H,10-12H2,1-9H3,(H2,18,19,20);1H. The third-order valence-corrected chi connectivity index (χ3v) is 3.37. The number of rotatable bonds is 6. The van der Waals surface area contributed by atoms with E-state index in [-0.39, 0.29) is 41.6 Å². The van der Waals surface area contributed by atoms with E-state index in [0.29, 0.717) is 25.6 Å². The molecule has 0 saturated heterocycles. The lowest BCUT2D eigenvalue weighted by Crippen LogP contribution is -2.47. The molecular formula is C17H37IN4O3. The summed E-state index contributed by atoms with van der Waals surface area (Å²) in [5.74, 6) is 0.680. The molecule has 2 N–H and O–H groups in total. The smallest absolute Gasteiger partial charge is 0.410 e. The molecule has 1 atom stereocenters. The first-order valence-electron chi connectivity index (χ1n) is 8.32. The fourth-order valence-corrected chi connectivity index (χ4v) is 1.93. The van der Waals surface area contributed by atoms with Crippen LogP contribution in [0.1, 0.15) is 41.5 Å². The van der Waals surface area contributed by atoms with Crippen molar-refractivity contribution in [1.82, 2.24) is 15.5 Å². The minimum Gasteiger partial charge on any atom is -0.444 e. The molecule has 1 unspecified atom stereocenters. The summed E-state index contributed by atoms with van der Waals surface area (Å²) in [6.45, 7) is 13.7. The highest BCUT2D eigenvalue weighted by Gasteiger charge is 2.24. The second-order valence-electron chi connectivity index (χ2n) is 7.87. The van der Waals surface area contributed by atoms with E-state index in [1.165, 1.54) is 0 Å². The Morgan fingerprint density at radius 2 is 1.72 bits per heavy atom. The van der Waals surface area contributed by atoms with Gasteiger partial charge in [0.05, 0.1) is 6.10 Å². The Hall–Kier alpha value is -0.770. The highest BCUT2D eigenvalue weighted by Crippen LogP contribution is 2.20. The molecule has 0 aliphatic heterocycles. The van der Waals surface area contributed by atoms with E-state index < -0.39 is 5.60 Å².